The van der Waals surface area contributed by atoms with Crippen LogP contribution in [-0.4, -0.2) is 28.8 Å². The molecular weight excluding hydrogens is 412 g/mol. The number of esters is 1. The van der Waals surface area contributed by atoms with Crippen LogP contribution in [0.2, 0.25) is 5.02 Å². The summed E-state index contributed by atoms with van der Waals surface area (Å²) in [5.74, 6) is -1.91. The molecule has 0 saturated carbocycles. The number of aromatic nitrogens is 2. The number of nitrogens with zero attached hydrogens (tertiary/aromatic N) is 2. The SMILES string of the molecule is COC(=O)CCOc1cc(-n2c(=O)cc(C(F)(F)F)n(C)c2=O)c(F)cc1Cl. The van der Waals surface area contributed by atoms with Crippen LogP contribution < -0.4 is 16.0 Å². The molecule has 0 aliphatic rings. The first kappa shape index (κ1) is 21.5. The molecule has 0 atom stereocenters. The van der Waals surface area contributed by atoms with Crippen molar-refractivity contribution in [2.24, 2.45) is 7.05 Å². The van der Waals surface area contributed by atoms with Gasteiger partial charge in [-0.1, -0.05) is 11.6 Å². The van der Waals surface area contributed by atoms with E-state index in [2.05, 4.69) is 4.74 Å². The summed E-state index contributed by atoms with van der Waals surface area (Å²) in [7, 11) is 1.96. The molecule has 0 radical (unpaired) electrons. The summed E-state index contributed by atoms with van der Waals surface area (Å²) in [6.45, 7) is -0.211. The Morgan fingerprint density at radius 1 is 1.21 bits per heavy atom. The molecule has 0 spiro atoms. The van der Waals surface area contributed by atoms with Crippen LogP contribution in [0.25, 0.3) is 5.69 Å². The highest BCUT2D eigenvalue weighted by atomic mass is 35.5. The molecule has 2 rings (SSSR count). The topological polar surface area (TPSA) is 79.5 Å². The van der Waals surface area contributed by atoms with Gasteiger partial charge in [0.25, 0.3) is 5.56 Å². The zero-order chi connectivity index (χ0) is 21.2. The van der Waals surface area contributed by atoms with Gasteiger partial charge >= 0.3 is 17.8 Å². The average Bonchev–Trinajstić information content (AvgIpc) is 2.60. The second kappa shape index (κ2) is 8.05. The predicted octanol–water partition coefficient (Wildman–Crippen LogP) is 2.29. The number of rotatable bonds is 5. The van der Waals surface area contributed by atoms with Crippen molar-refractivity contribution in [1.29, 1.82) is 0 Å². The zero-order valence-corrected chi connectivity index (χ0v) is 15.2. The molecule has 7 nitrogen and oxygen atoms in total. The van der Waals surface area contributed by atoms with Crippen LogP contribution in [0.15, 0.2) is 27.8 Å². The molecular formula is C16H13ClF4N2O5. The smallest absolute Gasteiger partial charge is 0.431 e. The average molecular weight is 425 g/mol. The highest BCUT2D eigenvalue weighted by Crippen LogP contribution is 2.30. The van der Waals surface area contributed by atoms with Crippen LogP contribution in [0, 0.1) is 5.82 Å². The van der Waals surface area contributed by atoms with Gasteiger partial charge in [-0.3, -0.25) is 14.2 Å². The Balaban J connectivity index is 2.55. The number of carbonyl (C=O) groups is 1. The normalized spacial score (nSPS) is 11.4. The second-order valence-corrected chi connectivity index (χ2v) is 5.86. The lowest BCUT2D eigenvalue weighted by molar-refractivity contribution is -0.144. The lowest BCUT2D eigenvalue weighted by atomic mass is 10.2. The van der Waals surface area contributed by atoms with Crippen LogP contribution in [0.5, 0.6) is 5.75 Å². The molecule has 0 unspecified atom stereocenters. The molecule has 0 fully saturated rings. The number of hydrogen-bond acceptors (Lipinski definition) is 5. The quantitative estimate of drug-likeness (QED) is 0.543. The summed E-state index contributed by atoms with van der Waals surface area (Å²) in [5.41, 5.74) is -4.95. The van der Waals surface area contributed by atoms with Gasteiger partial charge in [0, 0.05) is 19.2 Å². The van der Waals surface area contributed by atoms with Crippen LogP contribution in [0.3, 0.4) is 0 Å². The molecule has 0 amide bonds. The van der Waals surface area contributed by atoms with E-state index in [1.807, 2.05) is 0 Å². The van der Waals surface area contributed by atoms with E-state index in [0.29, 0.717) is 0 Å². The van der Waals surface area contributed by atoms with E-state index in [9.17, 15) is 31.9 Å². The third-order valence-electron chi connectivity index (χ3n) is 3.64. The molecule has 1 aromatic heterocycles. The van der Waals surface area contributed by atoms with Crippen molar-refractivity contribution in [3.05, 3.63) is 55.6 Å². The Kier molecular flexibility index (Phi) is 6.17. The summed E-state index contributed by atoms with van der Waals surface area (Å²) in [4.78, 5) is 35.5. The van der Waals surface area contributed by atoms with Gasteiger partial charge in [0.1, 0.15) is 17.3 Å². The van der Waals surface area contributed by atoms with Gasteiger partial charge in [-0.05, 0) is 6.07 Å². The van der Waals surface area contributed by atoms with E-state index >= 15 is 0 Å². The number of methoxy groups -OCH3 is 1. The summed E-state index contributed by atoms with van der Waals surface area (Å²) in [5, 5.41) is -0.233. The van der Waals surface area contributed by atoms with Crippen LogP contribution in [-0.2, 0) is 22.8 Å². The molecule has 0 aliphatic heterocycles. The summed E-state index contributed by atoms with van der Waals surface area (Å²) in [6, 6.07) is 1.78. The standard InChI is InChI=1S/C16H13ClF4N2O5/c1-22-12(16(19,20)21)7-13(24)23(15(22)26)10-6-11(8(17)5-9(10)18)28-4-3-14(25)27-2/h5-7H,3-4H2,1-2H3. The first-order valence-electron chi connectivity index (χ1n) is 7.56. The Labute approximate surface area is 159 Å². The van der Waals surface area contributed by atoms with E-state index in [4.69, 9.17) is 16.3 Å². The Bertz CT molecular complexity index is 1030. The summed E-state index contributed by atoms with van der Waals surface area (Å²) < 4.78 is 63.1. The molecule has 0 aliphatic carbocycles. The fourth-order valence-electron chi connectivity index (χ4n) is 2.27. The third-order valence-corrected chi connectivity index (χ3v) is 3.94. The largest absolute Gasteiger partial charge is 0.491 e. The van der Waals surface area contributed by atoms with E-state index < -0.39 is 40.6 Å². The maximum absolute atomic E-state index is 14.3. The minimum atomic E-state index is -4.95. The fraction of sp³-hybridized carbons (Fsp3) is 0.312. The van der Waals surface area contributed by atoms with E-state index in [-0.39, 0.29) is 39.0 Å². The van der Waals surface area contributed by atoms with E-state index in [0.717, 1.165) is 26.3 Å². The maximum atomic E-state index is 14.3. The second-order valence-electron chi connectivity index (χ2n) is 5.45. The fourth-order valence-corrected chi connectivity index (χ4v) is 2.47. The van der Waals surface area contributed by atoms with Gasteiger partial charge in [-0.2, -0.15) is 13.2 Å². The van der Waals surface area contributed by atoms with Crippen LogP contribution in [0.4, 0.5) is 17.6 Å². The Hall–Kier alpha value is -2.82. The molecule has 12 heteroatoms. The van der Waals surface area contributed by atoms with Crippen LogP contribution >= 0.6 is 11.6 Å². The molecule has 0 N–H and O–H groups in total. The highest BCUT2D eigenvalue weighted by Gasteiger charge is 2.35. The predicted molar refractivity (Wildman–Crippen MR) is 89.4 cm³/mol. The number of benzene rings is 1. The third kappa shape index (κ3) is 4.35. The van der Waals surface area contributed by atoms with Crippen molar-refractivity contribution >= 4 is 17.6 Å². The highest BCUT2D eigenvalue weighted by molar-refractivity contribution is 6.32. The minimum Gasteiger partial charge on any atom is -0.491 e. The number of alkyl halides is 3. The van der Waals surface area contributed by atoms with E-state index in [1.54, 1.807) is 0 Å². The van der Waals surface area contributed by atoms with Crippen molar-refractivity contribution in [2.45, 2.75) is 12.6 Å². The first-order valence-corrected chi connectivity index (χ1v) is 7.94. The maximum Gasteiger partial charge on any atom is 0.431 e. The lowest BCUT2D eigenvalue weighted by Crippen LogP contribution is -2.41. The van der Waals surface area contributed by atoms with Crippen molar-refractivity contribution in [3.8, 4) is 11.4 Å². The number of carbonyl (C=O) groups excluding carboxylic acids is 1. The molecule has 1 heterocycles. The van der Waals surface area contributed by atoms with Gasteiger partial charge in [0.15, 0.2) is 0 Å². The molecule has 0 saturated heterocycles. The number of hydrogen-bond donors (Lipinski definition) is 0. The van der Waals surface area contributed by atoms with Gasteiger partial charge in [0.05, 0.1) is 30.8 Å². The first-order chi connectivity index (χ1) is 13.0. The van der Waals surface area contributed by atoms with Gasteiger partial charge in [-0.25, -0.2) is 13.8 Å². The van der Waals surface area contributed by atoms with Crippen LogP contribution in [0.1, 0.15) is 12.1 Å². The lowest BCUT2D eigenvalue weighted by Gasteiger charge is -2.15. The Morgan fingerprint density at radius 3 is 2.43 bits per heavy atom. The summed E-state index contributed by atoms with van der Waals surface area (Å²) in [6.07, 6.45) is -5.12. The summed E-state index contributed by atoms with van der Waals surface area (Å²) >= 11 is 5.83. The van der Waals surface area contributed by atoms with Gasteiger partial charge in [0.2, 0.25) is 0 Å². The van der Waals surface area contributed by atoms with Crippen molar-refractivity contribution < 1.29 is 31.8 Å². The van der Waals surface area contributed by atoms with Gasteiger partial charge < -0.3 is 9.47 Å². The molecule has 0 bridgehead atoms. The molecule has 1 aromatic carbocycles. The van der Waals surface area contributed by atoms with Gasteiger partial charge in [-0.15, -0.1) is 0 Å². The molecule has 2 aromatic rings. The van der Waals surface area contributed by atoms with E-state index in [1.165, 1.54) is 0 Å². The van der Waals surface area contributed by atoms with Crippen molar-refractivity contribution in [1.82, 2.24) is 9.13 Å². The Morgan fingerprint density at radius 2 is 1.86 bits per heavy atom. The number of ether oxygens (including phenoxy) is 2. The molecule has 28 heavy (non-hydrogen) atoms. The monoisotopic (exact) mass is 424 g/mol. The zero-order valence-electron chi connectivity index (χ0n) is 14.5. The minimum absolute atomic E-state index is 0.165. The molecule has 152 valence electrons. The van der Waals surface area contributed by atoms with Crippen molar-refractivity contribution in [3.63, 3.8) is 0 Å². The number of halogens is 5. The van der Waals surface area contributed by atoms with Crippen molar-refractivity contribution in [2.75, 3.05) is 13.7 Å².